The van der Waals surface area contributed by atoms with Gasteiger partial charge >= 0.3 is 0 Å². The summed E-state index contributed by atoms with van der Waals surface area (Å²) in [5.41, 5.74) is 8.81. The van der Waals surface area contributed by atoms with Crippen molar-refractivity contribution in [3.05, 3.63) is 46.2 Å². The fourth-order valence-electron chi connectivity index (χ4n) is 6.41. The number of rotatable bonds is 16. The molecule has 2 aromatic carbocycles. The zero-order chi connectivity index (χ0) is 25.9. The largest absolute Gasteiger partial charge is 0.385 e. The number of hydrogen-bond donors (Lipinski definition) is 0. The van der Waals surface area contributed by atoms with Crippen molar-refractivity contribution in [2.24, 2.45) is 0 Å². The molecule has 2 aliphatic rings. The van der Waals surface area contributed by atoms with Crippen LogP contribution in [0, 0.1) is 0 Å². The van der Waals surface area contributed by atoms with E-state index in [2.05, 4.69) is 36.4 Å². The molecule has 0 fully saturated rings. The van der Waals surface area contributed by atoms with Gasteiger partial charge in [-0.25, -0.2) is 0 Å². The molecule has 0 bridgehead atoms. The van der Waals surface area contributed by atoms with Crippen molar-refractivity contribution < 1.29 is 9.47 Å². The molecule has 0 amide bonds. The molecular weight excluding hydrogens is 505 g/mol. The summed E-state index contributed by atoms with van der Waals surface area (Å²) in [4.78, 5) is 6.10. The number of thiophene rings is 2. The Labute approximate surface area is 236 Å². The molecule has 2 nitrogen and oxygen atoms in total. The molecule has 4 heteroatoms. The Kier molecular flexibility index (Phi) is 8.32. The van der Waals surface area contributed by atoms with E-state index >= 15 is 0 Å². The standard InChI is InChI=1S/C34H40O2S2/c1-35-19-11-7-3-5-9-13-23-21-29-25-15-16-26-30-22-24(14-10-6-4-8-12-20-36-2)38-34(30)28-18-17-27(33(29)37-23)31(25)32(26)28/h15-18,21-22H,3-14,19-20H2,1-2H3. The van der Waals surface area contributed by atoms with Crippen LogP contribution in [0.1, 0.15) is 74.0 Å². The van der Waals surface area contributed by atoms with Gasteiger partial charge in [0.15, 0.2) is 0 Å². The van der Waals surface area contributed by atoms with E-state index in [1.165, 1.54) is 131 Å². The van der Waals surface area contributed by atoms with Crippen LogP contribution in [-0.4, -0.2) is 27.4 Å². The number of fused-ring (bicyclic) bond motifs is 6. The van der Waals surface area contributed by atoms with Gasteiger partial charge in [0.25, 0.3) is 0 Å². The molecular formula is C34H40O2S2. The summed E-state index contributed by atoms with van der Waals surface area (Å²) in [6.07, 6.45) is 15.3. The zero-order valence-corrected chi connectivity index (χ0v) is 24.6. The highest BCUT2D eigenvalue weighted by atomic mass is 32.1. The van der Waals surface area contributed by atoms with Gasteiger partial charge in [0.1, 0.15) is 0 Å². The van der Waals surface area contributed by atoms with Gasteiger partial charge in [-0.3, -0.25) is 0 Å². The van der Waals surface area contributed by atoms with Crippen LogP contribution >= 0.6 is 22.7 Å². The lowest BCUT2D eigenvalue weighted by Gasteiger charge is -2.07. The van der Waals surface area contributed by atoms with E-state index in [0.29, 0.717) is 0 Å². The Balaban J connectivity index is 1.13. The van der Waals surface area contributed by atoms with E-state index in [4.69, 9.17) is 9.47 Å². The Hall–Kier alpha value is -1.98. The van der Waals surface area contributed by atoms with E-state index in [-0.39, 0.29) is 0 Å². The summed E-state index contributed by atoms with van der Waals surface area (Å²) in [5, 5.41) is 3.01. The number of unbranched alkanes of at least 4 members (excludes halogenated alkanes) is 8. The predicted octanol–water partition coefficient (Wildman–Crippen LogP) is 10.5. The Bertz CT molecular complexity index is 1220. The van der Waals surface area contributed by atoms with Crippen LogP contribution in [0.5, 0.6) is 0 Å². The number of benzene rings is 2. The lowest BCUT2D eigenvalue weighted by atomic mass is 9.97. The lowest BCUT2D eigenvalue weighted by molar-refractivity contribution is 0.192. The highest BCUT2D eigenvalue weighted by Gasteiger charge is 2.31. The molecule has 200 valence electrons. The molecule has 2 aliphatic carbocycles. The Morgan fingerprint density at radius 1 is 0.474 bits per heavy atom. The van der Waals surface area contributed by atoms with Crippen LogP contribution in [0.4, 0.5) is 0 Å². The monoisotopic (exact) mass is 544 g/mol. The molecule has 0 N–H and O–H groups in total. The third-order valence-electron chi connectivity index (χ3n) is 8.34. The third-order valence-corrected chi connectivity index (χ3v) is 10.8. The first-order valence-electron chi connectivity index (χ1n) is 14.6. The number of aryl methyl sites for hydroxylation is 2. The maximum Gasteiger partial charge on any atom is 0.0462 e. The van der Waals surface area contributed by atoms with E-state index in [0.717, 1.165) is 13.2 Å². The maximum atomic E-state index is 5.17. The molecule has 2 aromatic heterocycles. The van der Waals surface area contributed by atoms with Crippen LogP contribution in [-0.2, 0) is 22.3 Å². The fraction of sp³-hybridized carbons (Fsp3) is 0.471. The van der Waals surface area contributed by atoms with Gasteiger partial charge < -0.3 is 9.47 Å². The molecule has 0 radical (unpaired) electrons. The average molecular weight is 545 g/mol. The summed E-state index contributed by atoms with van der Waals surface area (Å²) in [7, 11) is 3.59. The maximum absolute atomic E-state index is 5.17. The fourth-order valence-corrected chi connectivity index (χ4v) is 8.89. The van der Waals surface area contributed by atoms with Gasteiger partial charge in [0.05, 0.1) is 0 Å². The first-order chi connectivity index (χ1) is 18.8. The van der Waals surface area contributed by atoms with Crippen molar-refractivity contribution in [2.75, 3.05) is 27.4 Å². The summed E-state index contributed by atoms with van der Waals surface area (Å²) in [6, 6.07) is 14.7. The van der Waals surface area contributed by atoms with Crippen molar-refractivity contribution in [1.29, 1.82) is 0 Å². The van der Waals surface area contributed by atoms with Crippen molar-refractivity contribution >= 4 is 33.4 Å². The topological polar surface area (TPSA) is 18.5 Å². The number of methoxy groups -OCH3 is 2. The second-order valence-corrected chi connectivity index (χ2v) is 13.3. The van der Waals surface area contributed by atoms with Gasteiger partial charge in [-0.15, -0.1) is 22.7 Å². The van der Waals surface area contributed by atoms with Crippen molar-refractivity contribution in [3.8, 4) is 43.1 Å². The Morgan fingerprint density at radius 2 is 0.868 bits per heavy atom. The molecule has 4 aromatic rings. The van der Waals surface area contributed by atoms with Gasteiger partial charge in [0.2, 0.25) is 0 Å². The summed E-state index contributed by atoms with van der Waals surface area (Å²) in [6.45, 7) is 1.80. The van der Waals surface area contributed by atoms with E-state index in [9.17, 15) is 0 Å². The van der Waals surface area contributed by atoms with Crippen LogP contribution in [0.15, 0.2) is 36.4 Å². The first-order valence-corrected chi connectivity index (χ1v) is 16.3. The SMILES string of the molecule is COCCCCCCCc1cc2c(s1)-c1ccc3c4c(ccc-2c14)-c1cc(CCCCCCCOC)sc1-3. The minimum atomic E-state index is 0.900. The molecule has 38 heavy (non-hydrogen) atoms. The molecule has 0 spiro atoms. The second kappa shape index (κ2) is 12.0. The third kappa shape index (κ3) is 5.01. The highest BCUT2D eigenvalue weighted by molar-refractivity contribution is 7.17. The minimum absolute atomic E-state index is 0.900. The van der Waals surface area contributed by atoms with Crippen LogP contribution in [0.2, 0.25) is 0 Å². The van der Waals surface area contributed by atoms with Crippen molar-refractivity contribution in [3.63, 3.8) is 0 Å². The lowest BCUT2D eigenvalue weighted by Crippen LogP contribution is -1.89. The molecule has 2 heterocycles. The van der Waals surface area contributed by atoms with Gasteiger partial charge in [-0.05, 0) is 72.6 Å². The smallest absolute Gasteiger partial charge is 0.0462 e. The molecule has 6 rings (SSSR count). The second-order valence-electron chi connectivity index (χ2n) is 11.0. The van der Waals surface area contributed by atoms with E-state index in [1.807, 2.05) is 22.7 Å². The Morgan fingerprint density at radius 3 is 1.32 bits per heavy atom. The van der Waals surface area contributed by atoms with Crippen molar-refractivity contribution in [2.45, 2.75) is 77.0 Å². The molecule has 0 atom stereocenters. The number of hydrogen-bond acceptors (Lipinski definition) is 4. The van der Waals surface area contributed by atoms with E-state index in [1.54, 1.807) is 24.0 Å². The molecule has 0 saturated carbocycles. The van der Waals surface area contributed by atoms with Crippen LogP contribution in [0.3, 0.4) is 0 Å². The predicted molar refractivity (Wildman–Crippen MR) is 166 cm³/mol. The molecule has 0 unspecified atom stereocenters. The first kappa shape index (κ1) is 26.3. The summed E-state index contributed by atoms with van der Waals surface area (Å²) >= 11 is 4.07. The summed E-state index contributed by atoms with van der Waals surface area (Å²) in [5.74, 6) is 0. The van der Waals surface area contributed by atoms with Crippen LogP contribution in [0.25, 0.3) is 53.9 Å². The highest BCUT2D eigenvalue weighted by Crippen LogP contribution is 2.59. The van der Waals surface area contributed by atoms with Crippen LogP contribution < -0.4 is 0 Å². The summed E-state index contributed by atoms with van der Waals surface area (Å²) < 4.78 is 10.3. The number of ether oxygens (including phenoxy) is 2. The average Bonchev–Trinajstić information content (AvgIpc) is 3.67. The molecule has 0 aliphatic heterocycles. The van der Waals surface area contributed by atoms with E-state index < -0.39 is 0 Å². The van der Waals surface area contributed by atoms with Gasteiger partial charge in [0, 0.05) is 69.2 Å². The minimum Gasteiger partial charge on any atom is -0.385 e. The normalized spacial score (nSPS) is 12.6. The molecule has 0 saturated heterocycles. The van der Waals surface area contributed by atoms with Gasteiger partial charge in [-0.2, -0.15) is 0 Å². The van der Waals surface area contributed by atoms with Crippen molar-refractivity contribution in [1.82, 2.24) is 0 Å². The zero-order valence-electron chi connectivity index (χ0n) is 23.0. The quantitative estimate of drug-likeness (QED) is 0.113. The van der Waals surface area contributed by atoms with Gasteiger partial charge in [-0.1, -0.05) is 62.8 Å².